The van der Waals surface area contributed by atoms with Gasteiger partial charge in [-0.15, -0.1) is 0 Å². The number of amides is 1. The Morgan fingerprint density at radius 3 is 2.67 bits per heavy atom. The maximum atomic E-state index is 12.6. The first-order valence-corrected chi connectivity index (χ1v) is 10.7. The molecule has 4 rings (SSSR count). The second kappa shape index (κ2) is 8.28. The molecule has 0 spiro atoms. The molecular weight excluding hydrogens is 394 g/mol. The standard InChI is InChI=1S/C23H25N5OS/c1-15-9-8-12-19(13-15)28-22-21(17(3)26-28)30-23(25-22)27(4)14-20(29)24-16(2)18-10-6-5-7-11-18/h5-13,16H,14H2,1-4H3,(H,24,29). The van der Waals surface area contributed by atoms with Crippen molar-refractivity contribution in [3.63, 3.8) is 0 Å². The zero-order valence-electron chi connectivity index (χ0n) is 17.6. The summed E-state index contributed by atoms with van der Waals surface area (Å²) < 4.78 is 2.92. The summed E-state index contributed by atoms with van der Waals surface area (Å²) in [7, 11) is 1.89. The van der Waals surface area contributed by atoms with Gasteiger partial charge >= 0.3 is 0 Å². The summed E-state index contributed by atoms with van der Waals surface area (Å²) >= 11 is 1.56. The predicted molar refractivity (Wildman–Crippen MR) is 122 cm³/mol. The molecule has 2 aromatic heterocycles. The average Bonchev–Trinajstić information content (AvgIpc) is 3.29. The maximum Gasteiger partial charge on any atom is 0.240 e. The van der Waals surface area contributed by atoms with Gasteiger partial charge in [-0.05, 0) is 44.0 Å². The van der Waals surface area contributed by atoms with Crippen LogP contribution >= 0.6 is 11.3 Å². The van der Waals surface area contributed by atoms with Gasteiger partial charge in [0.15, 0.2) is 10.8 Å². The molecule has 0 aliphatic rings. The molecule has 7 heteroatoms. The Balaban J connectivity index is 1.52. The van der Waals surface area contributed by atoms with Crippen molar-refractivity contribution in [3.05, 3.63) is 71.4 Å². The van der Waals surface area contributed by atoms with Crippen LogP contribution in [0.4, 0.5) is 5.13 Å². The van der Waals surface area contributed by atoms with Gasteiger partial charge in [0.1, 0.15) is 0 Å². The Morgan fingerprint density at radius 2 is 1.93 bits per heavy atom. The number of fused-ring (bicyclic) bond motifs is 1. The van der Waals surface area contributed by atoms with Gasteiger partial charge < -0.3 is 10.2 Å². The Bertz CT molecular complexity index is 1180. The summed E-state index contributed by atoms with van der Waals surface area (Å²) in [5.41, 5.74) is 5.00. The van der Waals surface area contributed by atoms with Gasteiger partial charge in [-0.25, -0.2) is 4.68 Å². The number of nitrogens with one attached hydrogen (secondary N) is 1. The van der Waals surface area contributed by atoms with E-state index in [1.807, 2.05) is 72.9 Å². The second-order valence-corrected chi connectivity index (χ2v) is 8.52. The van der Waals surface area contributed by atoms with Crippen LogP contribution in [0.1, 0.15) is 29.8 Å². The molecule has 6 nitrogen and oxygen atoms in total. The smallest absolute Gasteiger partial charge is 0.240 e. The number of benzene rings is 2. The molecule has 0 radical (unpaired) electrons. The minimum atomic E-state index is -0.0420. The van der Waals surface area contributed by atoms with Crippen molar-refractivity contribution in [1.29, 1.82) is 0 Å². The zero-order valence-corrected chi connectivity index (χ0v) is 18.4. The number of carbonyl (C=O) groups excluding carboxylic acids is 1. The maximum absolute atomic E-state index is 12.6. The van der Waals surface area contributed by atoms with Crippen molar-refractivity contribution in [2.75, 3.05) is 18.5 Å². The van der Waals surface area contributed by atoms with Crippen LogP contribution in [0.5, 0.6) is 0 Å². The van der Waals surface area contributed by atoms with E-state index in [0.29, 0.717) is 0 Å². The molecule has 2 heterocycles. The summed E-state index contributed by atoms with van der Waals surface area (Å²) in [6.45, 7) is 6.28. The normalized spacial score (nSPS) is 12.1. The summed E-state index contributed by atoms with van der Waals surface area (Å²) in [4.78, 5) is 19.2. The molecule has 0 saturated carbocycles. The molecule has 2 aromatic carbocycles. The number of aryl methyl sites for hydroxylation is 2. The van der Waals surface area contributed by atoms with Crippen LogP contribution in [-0.4, -0.2) is 34.3 Å². The van der Waals surface area contributed by atoms with Crippen LogP contribution in [0, 0.1) is 13.8 Å². The molecule has 30 heavy (non-hydrogen) atoms. The van der Waals surface area contributed by atoms with Crippen LogP contribution in [0.3, 0.4) is 0 Å². The van der Waals surface area contributed by atoms with Crippen LogP contribution in [-0.2, 0) is 4.79 Å². The van der Waals surface area contributed by atoms with Gasteiger partial charge in [0.05, 0.1) is 28.7 Å². The first-order valence-electron chi connectivity index (χ1n) is 9.91. The Morgan fingerprint density at radius 1 is 1.17 bits per heavy atom. The summed E-state index contributed by atoms with van der Waals surface area (Å²) in [6, 6.07) is 18.1. The number of nitrogens with zero attached hydrogens (tertiary/aromatic N) is 4. The predicted octanol–water partition coefficient (Wildman–Crippen LogP) is 4.41. The number of likely N-dealkylation sites (N-methyl/N-ethyl adjacent to an activating group) is 1. The highest BCUT2D eigenvalue weighted by molar-refractivity contribution is 7.22. The van der Waals surface area contributed by atoms with Gasteiger partial charge in [0.25, 0.3) is 0 Å². The third-order valence-electron chi connectivity index (χ3n) is 5.01. The highest BCUT2D eigenvalue weighted by atomic mass is 32.1. The third kappa shape index (κ3) is 4.07. The van der Waals surface area contributed by atoms with E-state index in [1.54, 1.807) is 11.3 Å². The number of thiazole rings is 1. The second-order valence-electron chi connectivity index (χ2n) is 7.54. The highest BCUT2D eigenvalue weighted by Crippen LogP contribution is 2.32. The van der Waals surface area contributed by atoms with E-state index in [9.17, 15) is 4.79 Å². The van der Waals surface area contributed by atoms with Crippen molar-refractivity contribution in [1.82, 2.24) is 20.1 Å². The van der Waals surface area contributed by atoms with Crippen molar-refractivity contribution < 1.29 is 4.79 Å². The molecule has 154 valence electrons. The van der Waals surface area contributed by atoms with Crippen LogP contribution in [0.2, 0.25) is 0 Å². The fourth-order valence-electron chi connectivity index (χ4n) is 3.42. The fourth-order valence-corrected chi connectivity index (χ4v) is 4.37. The van der Waals surface area contributed by atoms with Gasteiger partial charge in [0.2, 0.25) is 5.91 Å². The Labute approximate surface area is 180 Å². The van der Waals surface area contributed by atoms with E-state index in [2.05, 4.69) is 29.5 Å². The highest BCUT2D eigenvalue weighted by Gasteiger charge is 2.19. The van der Waals surface area contributed by atoms with Crippen molar-refractivity contribution in [2.45, 2.75) is 26.8 Å². The summed E-state index contributed by atoms with van der Waals surface area (Å²) in [5.74, 6) is -0.0369. The zero-order chi connectivity index (χ0) is 21.3. The molecule has 0 aliphatic carbocycles. The number of rotatable bonds is 6. The van der Waals surface area contributed by atoms with Crippen LogP contribution in [0.25, 0.3) is 16.0 Å². The van der Waals surface area contributed by atoms with Gasteiger partial charge in [-0.1, -0.05) is 53.8 Å². The number of hydrogen-bond acceptors (Lipinski definition) is 5. The van der Waals surface area contributed by atoms with Crippen LogP contribution < -0.4 is 10.2 Å². The number of aromatic nitrogens is 3. The quantitative estimate of drug-likeness (QED) is 0.503. The molecule has 4 aromatic rings. The molecular formula is C23H25N5OS. The summed E-state index contributed by atoms with van der Waals surface area (Å²) in [6.07, 6.45) is 0. The molecule has 1 unspecified atom stereocenters. The lowest BCUT2D eigenvalue weighted by Gasteiger charge is -2.18. The molecule has 0 fully saturated rings. The van der Waals surface area contributed by atoms with E-state index < -0.39 is 0 Å². The largest absolute Gasteiger partial charge is 0.348 e. The lowest BCUT2D eigenvalue weighted by Crippen LogP contribution is -2.36. The van der Waals surface area contributed by atoms with Crippen molar-refractivity contribution >= 4 is 32.7 Å². The molecule has 1 atom stereocenters. The third-order valence-corrected chi connectivity index (χ3v) is 6.28. The van der Waals surface area contributed by atoms with E-state index in [-0.39, 0.29) is 18.5 Å². The minimum Gasteiger partial charge on any atom is -0.348 e. The topological polar surface area (TPSA) is 63.1 Å². The van der Waals surface area contributed by atoms with E-state index in [0.717, 1.165) is 32.4 Å². The van der Waals surface area contributed by atoms with Gasteiger partial charge in [0, 0.05) is 7.05 Å². The summed E-state index contributed by atoms with van der Waals surface area (Å²) in [5, 5.41) is 8.52. The molecule has 1 N–H and O–H groups in total. The number of hydrogen-bond donors (Lipinski definition) is 1. The monoisotopic (exact) mass is 419 g/mol. The number of carbonyl (C=O) groups is 1. The van der Waals surface area contributed by atoms with Gasteiger partial charge in [-0.3, -0.25) is 4.79 Å². The fraction of sp³-hybridized carbons (Fsp3) is 0.261. The first kappa shape index (κ1) is 20.1. The van der Waals surface area contributed by atoms with E-state index >= 15 is 0 Å². The van der Waals surface area contributed by atoms with Crippen molar-refractivity contribution in [2.24, 2.45) is 0 Å². The Kier molecular flexibility index (Phi) is 5.55. The van der Waals surface area contributed by atoms with Crippen molar-refractivity contribution in [3.8, 4) is 5.69 Å². The molecule has 0 aliphatic heterocycles. The lowest BCUT2D eigenvalue weighted by molar-refractivity contribution is -0.120. The SMILES string of the molecule is Cc1cccc(-n2nc(C)c3sc(N(C)CC(=O)NC(C)c4ccccc4)nc32)c1. The van der Waals surface area contributed by atoms with Crippen LogP contribution in [0.15, 0.2) is 54.6 Å². The lowest BCUT2D eigenvalue weighted by atomic mass is 10.1. The minimum absolute atomic E-state index is 0.0369. The van der Waals surface area contributed by atoms with E-state index in [1.165, 1.54) is 5.56 Å². The molecule has 0 bridgehead atoms. The molecule has 1 amide bonds. The average molecular weight is 420 g/mol. The van der Waals surface area contributed by atoms with Gasteiger partial charge in [-0.2, -0.15) is 10.1 Å². The van der Waals surface area contributed by atoms with E-state index in [4.69, 9.17) is 4.98 Å². The Hall–Kier alpha value is -3.19. The number of anilines is 1. The molecule has 0 saturated heterocycles. The first-order chi connectivity index (χ1) is 14.4.